The van der Waals surface area contributed by atoms with Gasteiger partial charge in [-0.05, 0) is 37.8 Å². The lowest BCUT2D eigenvalue weighted by Gasteiger charge is -2.27. The van der Waals surface area contributed by atoms with Crippen LogP contribution in [0.1, 0.15) is 26.2 Å². The summed E-state index contributed by atoms with van der Waals surface area (Å²) in [6.45, 7) is 4.20. The molecule has 2 rings (SSSR count). The van der Waals surface area contributed by atoms with E-state index in [0.29, 0.717) is 23.9 Å². The van der Waals surface area contributed by atoms with Crippen LogP contribution in [0.3, 0.4) is 0 Å². The fraction of sp³-hybridized carbons (Fsp3) is 0.643. The molecular formula is C14H23N5O2. The minimum absolute atomic E-state index is 0.0139. The Labute approximate surface area is 124 Å². The zero-order chi connectivity index (χ0) is 15.2. The van der Waals surface area contributed by atoms with Crippen LogP contribution in [-0.2, 0) is 16.1 Å². The van der Waals surface area contributed by atoms with Crippen molar-refractivity contribution in [2.75, 3.05) is 18.4 Å². The highest BCUT2D eigenvalue weighted by Crippen LogP contribution is 2.22. The number of amides is 2. The van der Waals surface area contributed by atoms with Gasteiger partial charge >= 0.3 is 0 Å². The largest absolute Gasteiger partial charge is 0.368 e. The normalized spacial score (nSPS) is 20.0. The van der Waals surface area contributed by atoms with Crippen molar-refractivity contribution >= 4 is 17.5 Å². The van der Waals surface area contributed by atoms with E-state index in [1.54, 1.807) is 6.20 Å². The van der Waals surface area contributed by atoms with Gasteiger partial charge in [-0.15, -0.1) is 0 Å². The lowest BCUT2D eigenvalue weighted by Crippen LogP contribution is -2.34. The topological polar surface area (TPSA) is 102 Å². The first-order chi connectivity index (χ1) is 10.0. The maximum absolute atomic E-state index is 12.0. The van der Waals surface area contributed by atoms with E-state index >= 15 is 0 Å². The van der Waals surface area contributed by atoms with Gasteiger partial charge in [-0.2, -0.15) is 5.10 Å². The summed E-state index contributed by atoms with van der Waals surface area (Å²) in [5.74, 6) is 0.418. The van der Waals surface area contributed by atoms with Gasteiger partial charge in [-0.1, -0.05) is 6.92 Å². The van der Waals surface area contributed by atoms with Crippen LogP contribution < -0.4 is 16.4 Å². The highest BCUT2D eigenvalue weighted by Gasteiger charge is 2.22. The molecule has 1 saturated heterocycles. The number of carbonyl (C=O) groups is 2. The third kappa shape index (κ3) is 4.86. The van der Waals surface area contributed by atoms with Crippen molar-refractivity contribution in [3.8, 4) is 0 Å². The van der Waals surface area contributed by atoms with Crippen molar-refractivity contribution in [1.82, 2.24) is 15.1 Å². The molecule has 4 N–H and O–H groups in total. The molecule has 116 valence electrons. The highest BCUT2D eigenvalue weighted by atomic mass is 16.2. The van der Waals surface area contributed by atoms with Gasteiger partial charge in [0.25, 0.3) is 0 Å². The zero-order valence-electron chi connectivity index (χ0n) is 12.3. The van der Waals surface area contributed by atoms with Crippen LogP contribution >= 0.6 is 0 Å². The molecule has 2 atom stereocenters. The molecule has 0 spiro atoms. The van der Waals surface area contributed by atoms with Gasteiger partial charge in [0.2, 0.25) is 11.8 Å². The van der Waals surface area contributed by atoms with Crippen molar-refractivity contribution < 1.29 is 9.59 Å². The van der Waals surface area contributed by atoms with Gasteiger partial charge in [-0.3, -0.25) is 14.3 Å². The van der Waals surface area contributed by atoms with Crippen molar-refractivity contribution in [3.05, 3.63) is 12.4 Å². The Morgan fingerprint density at radius 2 is 2.43 bits per heavy atom. The van der Waals surface area contributed by atoms with Crippen LogP contribution in [0.15, 0.2) is 12.4 Å². The van der Waals surface area contributed by atoms with Crippen LogP contribution in [0, 0.1) is 11.8 Å². The number of nitrogens with zero attached hydrogens (tertiary/aromatic N) is 2. The average molecular weight is 293 g/mol. The lowest BCUT2D eigenvalue weighted by molar-refractivity contribution is -0.119. The van der Waals surface area contributed by atoms with E-state index in [2.05, 4.69) is 22.7 Å². The van der Waals surface area contributed by atoms with E-state index in [-0.39, 0.29) is 12.5 Å². The zero-order valence-corrected chi connectivity index (χ0v) is 12.3. The standard InChI is InChI=1S/C14H23N5O2/c1-10(11-3-2-4-16-6-11)5-14(21)18-12-7-17-19(8-12)9-13(15)20/h7-8,10-11,16H,2-6,9H2,1H3,(H2,15,20)(H,18,21). The van der Waals surface area contributed by atoms with E-state index in [0.717, 1.165) is 13.1 Å². The van der Waals surface area contributed by atoms with Crippen molar-refractivity contribution in [2.24, 2.45) is 17.6 Å². The number of anilines is 1. The highest BCUT2D eigenvalue weighted by molar-refractivity contribution is 5.90. The quantitative estimate of drug-likeness (QED) is 0.703. The monoisotopic (exact) mass is 293 g/mol. The molecule has 1 fully saturated rings. The molecular weight excluding hydrogens is 270 g/mol. The molecule has 0 saturated carbocycles. The summed E-state index contributed by atoms with van der Waals surface area (Å²) in [5.41, 5.74) is 5.68. The van der Waals surface area contributed by atoms with E-state index in [1.165, 1.54) is 23.7 Å². The number of hydrogen-bond acceptors (Lipinski definition) is 4. The van der Waals surface area contributed by atoms with E-state index in [4.69, 9.17) is 5.73 Å². The molecule has 7 heteroatoms. The second-order valence-corrected chi connectivity index (χ2v) is 5.73. The summed E-state index contributed by atoms with van der Waals surface area (Å²) in [5, 5.41) is 10.2. The predicted molar refractivity (Wildman–Crippen MR) is 79.4 cm³/mol. The number of carbonyl (C=O) groups excluding carboxylic acids is 2. The van der Waals surface area contributed by atoms with Crippen LogP contribution in [0.25, 0.3) is 0 Å². The average Bonchev–Trinajstić information content (AvgIpc) is 2.85. The lowest BCUT2D eigenvalue weighted by atomic mass is 9.85. The first kappa shape index (κ1) is 15.5. The van der Waals surface area contributed by atoms with Gasteiger partial charge < -0.3 is 16.4 Å². The van der Waals surface area contributed by atoms with Crippen LogP contribution in [-0.4, -0.2) is 34.7 Å². The van der Waals surface area contributed by atoms with Crippen LogP contribution in [0.2, 0.25) is 0 Å². The number of nitrogens with two attached hydrogens (primary N) is 1. The van der Waals surface area contributed by atoms with Gasteiger partial charge in [0, 0.05) is 12.6 Å². The van der Waals surface area contributed by atoms with Crippen molar-refractivity contribution in [1.29, 1.82) is 0 Å². The number of hydrogen-bond donors (Lipinski definition) is 3. The first-order valence-electron chi connectivity index (χ1n) is 7.36. The maximum Gasteiger partial charge on any atom is 0.239 e. The number of aromatic nitrogens is 2. The van der Waals surface area contributed by atoms with E-state index < -0.39 is 5.91 Å². The van der Waals surface area contributed by atoms with Crippen LogP contribution in [0.4, 0.5) is 5.69 Å². The summed E-state index contributed by atoms with van der Waals surface area (Å²) in [6.07, 6.45) is 5.98. The smallest absolute Gasteiger partial charge is 0.239 e. The minimum Gasteiger partial charge on any atom is -0.368 e. The fourth-order valence-electron chi connectivity index (χ4n) is 2.71. The molecule has 2 amide bonds. The molecule has 21 heavy (non-hydrogen) atoms. The molecule has 0 aliphatic carbocycles. The van der Waals surface area contributed by atoms with Crippen molar-refractivity contribution in [2.45, 2.75) is 32.7 Å². The second kappa shape index (κ2) is 7.21. The third-order valence-corrected chi connectivity index (χ3v) is 3.88. The molecule has 2 unspecified atom stereocenters. The Kier molecular flexibility index (Phi) is 5.32. The first-order valence-corrected chi connectivity index (χ1v) is 7.36. The summed E-state index contributed by atoms with van der Waals surface area (Å²) in [4.78, 5) is 22.8. The van der Waals surface area contributed by atoms with Crippen molar-refractivity contribution in [3.63, 3.8) is 0 Å². The van der Waals surface area contributed by atoms with Gasteiger partial charge in [0.05, 0.1) is 11.9 Å². The summed E-state index contributed by atoms with van der Waals surface area (Å²) >= 11 is 0. The Morgan fingerprint density at radius 1 is 1.62 bits per heavy atom. The molecule has 0 radical (unpaired) electrons. The number of rotatable bonds is 6. The Hall–Kier alpha value is -1.89. The SMILES string of the molecule is CC(CC(=O)Nc1cnn(CC(N)=O)c1)C1CCCNC1. The molecule has 1 aliphatic heterocycles. The molecule has 1 aromatic heterocycles. The fourth-order valence-corrected chi connectivity index (χ4v) is 2.71. The summed E-state index contributed by atoms with van der Waals surface area (Å²) in [6, 6.07) is 0. The van der Waals surface area contributed by atoms with Gasteiger partial charge in [-0.25, -0.2) is 0 Å². The molecule has 7 nitrogen and oxygen atoms in total. The van der Waals surface area contributed by atoms with E-state index in [9.17, 15) is 9.59 Å². The second-order valence-electron chi connectivity index (χ2n) is 5.73. The Morgan fingerprint density at radius 3 is 3.10 bits per heavy atom. The molecule has 2 heterocycles. The summed E-state index contributed by atoms with van der Waals surface area (Å²) in [7, 11) is 0. The molecule has 0 bridgehead atoms. The van der Waals surface area contributed by atoms with E-state index in [1.807, 2.05) is 0 Å². The minimum atomic E-state index is -0.464. The molecule has 0 aromatic carbocycles. The van der Waals surface area contributed by atoms with Gasteiger partial charge in [0.15, 0.2) is 0 Å². The molecule has 1 aliphatic rings. The predicted octanol–water partition coefficient (Wildman–Crippen LogP) is 0.333. The number of piperidine rings is 1. The number of primary amides is 1. The third-order valence-electron chi connectivity index (χ3n) is 3.88. The number of nitrogens with one attached hydrogen (secondary N) is 2. The Balaban J connectivity index is 1.80. The Bertz CT molecular complexity index is 493. The van der Waals surface area contributed by atoms with Gasteiger partial charge in [0.1, 0.15) is 6.54 Å². The molecule has 1 aromatic rings. The maximum atomic E-state index is 12.0. The van der Waals surface area contributed by atoms with Crippen LogP contribution in [0.5, 0.6) is 0 Å². The summed E-state index contributed by atoms with van der Waals surface area (Å²) < 4.78 is 1.41.